The van der Waals surface area contributed by atoms with Crippen molar-refractivity contribution in [3.05, 3.63) is 83.1 Å². The van der Waals surface area contributed by atoms with Crippen molar-refractivity contribution in [2.75, 3.05) is 10.2 Å². The number of alkyl carbamates (subject to hydrolysis) is 1. The van der Waals surface area contributed by atoms with E-state index in [4.69, 9.17) is 9.47 Å². The summed E-state index contributed by atoms with van der Waals surface area (Å²) in [6, 6.07) is 17.6. The summed E-state index contributed by atoms with van der Waals surface area (Å²) in [4.78, 5) is 40.2. The summed E-state index contributed by atoms with van der Waals surface area (Å²) in [6.07, 6.45) is -1.47. The van der Waals surface area contributed by atoms with Crippen molar-refractivity contribution in [3.63, 3.8) is 0 Å². The Morgan fingerprint density at radius 3 is 2.14 bits per heavy atom. The summed E-state index contributed by atoms with van der Waals surface area (Å²) in [5.41, 5.74) is 1.47. The number of hydrogen-bond acceptors (Lipinski definition) is 6. The summed E-state index contributed by atoms with van der Waals surface area (Å²) >= 11 is 2.08. The molecule has 0 saturated carbocycles. The SMILES string of the molecule is CC(C)(C)OC(=O)N[C@H]1C(=O)N2C(C(=O)OC(c3ccccc3)c3ccccc3)=C(CI)CS(=O)[C@@H]12. The molecule has 0 radical (unpaired) electrons. The lowest BCUT2D eigenvalue weighted by atomic mass is 10.0. The lowest BCUT2D eigenvalue weighted by Gasteiger charge is -2.49. The number of alkyl halides is 1. The molecule has 2 heterocycles. The predicted octanol–water partition coefficient (Wildman–Crippen LogP) is 3.83. The second-order valence-electron chi connectivity index (χ2n) is 9.44. The Labute approximate surface area is 226 Å². The van der Waals surface area contributed by atoms with Gasteiger partial charge in [-0.05, 0) is 37.5 Å². The molecule has 0 aromatic heterocycles. The number of ether oxygens (including phenoxy) is 2. The van der Waals surface area contributed by atoms with Gasteiger partial charge in [-0.1, -0.05) is 83.3 Å². The Hall–Kier alpha value is -2.73. The maximum Gasteiger partial charge on any atom is 0.408 e. The largest absolute Gasteiger partial charge is 0.448 e. The third-order valence-corrected chi connectivity index (χ3v) is 8.24. The minimum Gasteiger partial charge on any atom is -0.448 e. The van der Waals surface area contributed by atoms with Crippen LogP contribution in [0.2, 0.25) is 0 Å². The molecule has 10 heteroatoms. The van der Waals surface area contributed by atoms with Gasteiger partial charge >= 0.3 is 12.1 Å². The number of halogens is 1. The Balaban J connectivity index is 1.61. The topological polar surface area (TPSA) is 102 Å². The zero-order valence-electron chi connectivity index (χ0n) is 20.1. The minimum atomic E-state index is -1.51. The number of esters is 1. The van der Waals surface area contributed by atoms with E-state index in [1.54, 1.807) is 20.8 Å². The molecule has 2 aliphatic heterocycles. The highest BCUT2D eigenvalue weighted by Crippen LogP contribution is 2.37. The number of carbonyl (C=O) groups excluding carboxylic acids is 3. The molecule has 2 aromatic carbocycles. The second kappa shape index (κ2) is 10.7. The van der Waals surface area contributed by atoms with Crippen LogP contribution in [0, 0.1) is 0 Å². The highest BCUT2D eigenvalue weighted by atomic mass is 127. The van der Waals surface area contributed by atoms with Crippen LogP contribution in [0.1, 0.15) is 38.0 Å². The van der Waals surface area contributed by atoms with Crippen LogP contribution in [0.4, 0.5) is 4.79 Å². The second-order valence-corrected chi connectivity index (χ2v) is 11.7. The van der Waals surface area contributed by atoms with E-state index in [-0.39, 0.29) is 11.4 Å². The molecule has 2 amide bonds. The number of β-lactam (4-membered cyclic amide) rings is 1. The summed E-state index contributed by atoms with van der Waals surface area (Å²) < 4.78 is 24.7. The molecule has 0 spiro atoms. The Morgan fingerprint density at radius 2 is 1.64 bits per heavy atom. The summed E-state index contributed by atoms with van der Waals surface area (Å²) in [7, 11) is -1.51. The highest BCUT2D eigenvalue weighted by Gasteiger charge is 2.57. The number of amides is 2. The third-order valence-electron chi connectivity index (χ3n) is 5.66. The van der Waals surface area contributed by atoms with Crippen LogP contribution in [0.25, 0.3) is 0 Å². The van der Waals surface area contributed by atoms with E-state index in [2.05, 4.69) is 27.9 Å². The molecule has 2 aromatic rings. The summed E-state index contributed by atoms with van der Waals surface area (Å²) in [6.45, 7) is 5.12. The number of nitrogens with one attached hydrogen (secondary N) is 1. The molecule has 1 fully saturated rings. The van der Waals surface area contributed by atoms with Gasteiger partial charge in [-0.15, -0.1) is 0 Å². The van der Waals surface area contributed by atoms with Gasteiger partial charge in [-0.25, -0.2) is 9.59 Å². The number of nitrogens with zero attached hydrogens (tertiary/aromatic N) is 1. The van der Waals surface area contributed by atoms with E-state index in [9.17, 15) is 18.6 Å². The average Bonchev–Trinajstić information content (AvgIpc) is 2.85. The monoisotopic (exact) mass is 622 g/mol. The predicted molar refractivity (Wildman–Crippen MR) is 144 cm³/mol. The van der Waals surface area contributed by atoms with Crippen LogP contribution in [0.5, 0.6) is 0 Å². The first kappa shape index (κ1) is 26.3. The van der Waals surface area contributed by atoms with Crippen molar-refractivity contribution in [1.82, 2.24) is 10.2 Å². The fourth-order valence-corrected chi connectivity index (χ4v) is 6.81. The van der Waals surface area contributed by atoms with E-state index in [1.165, 1.54) is 4.90 Å². The number of carbonyl (C=O) groups is 3. The molecule has 4 rings (SSSR count). The number of rotatable bonds is 6. The van der Waals surface area contributed by atoms with Gasteiger partial charge in [-0.2, -0.15) is 0 Å². The molecule has 190 valence electrons. The van der Waals surface area contributed by atoms with Gasteiger partial charge in [0.05, 0.1) is 16.6 Å². The lowest BCUT2D eigenvalue weighted by Crippen LogP contribution is -2.73. The van der Waals surface area contributed by atoms with E-state index < -0.39 is 51.9 Å². The van der Waals surface area contributed by atoms with Crippen LogP contribution in [-0.4, -0.2) is 54.3 Å². The molecular weight excluding hydrogens is 595 g/mol. The van der Waals surface area contributed by atoms with Crippen molar-refractivity contribution >= 4 is 51.4 Å². The number of fused-ring (bicyclic) bond motifs is 1. The van der Waals surface area contributed by atoms with Gasteiger partial charge in [0, 0.05) is 4.43 Å². The van der Waals surface area contributed by atoms with Crippen molar-refractivity contribution in [2.24, 2.45) is 0 Å². The normalized spacial score (nSPS) is 21.5. The zero-order valence-corrected chi connectivity index (χ0v) is 23.1. The molecule has 2 aliphatic rings. The lowest BCUT2D eigenvalue weighted by molar-refractivity contribution is -0.154. The summed E-state index contributed by atoms with van der Waals surface area (Å²) in [5.74, 6) is -1.09. The van der Waals surface area contributed by atoms with Crippen LogP contribution in [-0.2, 0) is 29.9 Å². The number of benzene rings is 2. The van der Waals surface area contributed by atoms with Gasteiger partial charge < -0.3 is 14.8 Å². The Bertz CT molecular complexity index is 1170. The van der Waals surface area contributed by atoms with Crippen molar-refractivity contribution in [2.45, 2.75) is 43.9 Å². The maximum atomic E-state index is 13.6. The van der Waals surface area contributed by atoms with Gasteiger partial charge in [0.25, 0.3) is 5.91 Å². The molecule has 1 N–H and O–H groups in total. The van der Waals surface area contributed by atoms with Gasteiger partial charge in [0.15, 0.2) is 6.10 Å². The molecule has 36 heavy (non-hydrogen) atoms. The van der Waals surface area contributed by atoms with Crippen molar-refractivity contribution in [1.29, 1.82) is 0 Å². The fourth-order valence-electron chi connectivity index (χ4n) is 4.13. The van der Waals surface area contributed by atoms with E-state index in [0.717, 1.165) is 11.1 Å². The molecular formula is C26H27IN2O6S. The molecule has 1 unspecified atom stereocenters. The highest BCUT2D eigenvalue weighted by molar-refractivity contribution is 14.1. The van der Waals surface area contributed by atoms with Crippen LogP contribution < -0.4 is 5.32 Å². The van der Waals surface area contributed by atoms with Crippen molar-refractivity contribution < 1.29 is 28.1 Å². The minimum absolute atomic E-state index is 0.0955. The van der Waals surface area contributed by atoms with Gasteiger partial charge in [0.1, 0.15) is 22.7 Å². The van der Waals surface area contributed by atoms with Crippen LogP contribution in [0.3, 0.4) is 0 Å². The standard InChI is InChI=1S/C26H27IN2O6S/c1-26(2,3)35-25(32)28-19-22(30)29-20(18(14-27)15-36(33)23(19)29)24(31)34-21(16-10-6-4-7-11-16)17-12-8-5-9-13-17/h4-13,19,21,23H,14-15H2,1-3H3,(H,28,32)/t19-,23-,36?/m0/s1. The van der Waals surface area contributed by atoms with Gasteiger partial charge in [-0.3, -0.25) is 13.9 Å². The zero-order chi connectivity index (χ0) is 26.0. The Morgan fingerprint density at radius 1 is 1.08 bits per heavy atom. The quantitative estimate of drug-likeness (QED) is 0.228. The first-order chi connectivity index (χ1) is 17.1. The van der Waals surface area contributed by atoms with E-state index in [1.807, 2.05) is 60.7 Å². The van der Waals surface area contributed by atoms with Gasteiger partial charge in [0.2, 0.25) is 0 Å². The van der Waals surface area contributed by atoms with E-state index in [0.29, 0.717) is 10.0 Å². The molecule has 0 aliphatic carbocycles. The fraction of sp³-hybridized carbons (Fsp3) is 0.346. The van der Waals surface area contributed by atoms with Crippen LogP contribution >= 0.6 is 22.6 Å². The molecule has 3 atom stereocenters. The third kappa shape index (κ3) is 5.49. The van der Waals surface area contributed by atoms with E-state index >= 15 is 0 Å². The first-order valence-electron chi connectivity index (χ1n) is 11.4. The summed E-state index contributed by atoms with van der Waals surface area (Å²) in [5, 5.41) is 1.65. The molecule has 8 nitrogen and oxygen atoms in total. The van der Waals surface area contributed by atoms with Crippen molar-refractivity contribution in [3.8, 4) is 0 Å². The van der Waals surface area contributed by atoms with Crippen LogP contribution in [0.15, 0.2) is 71.9 Å². The molecule has 1 saturated heterocycles. The first-order valence-corrected chi connectivity index (χ1v) is 14.3. The average molecular weight is 622 g/mol. The smallest absolute Gasteiger partial charge is 0.408 e. The molecule has 0 bridgehead atoms. The maximum absolute atomic E-state index is 13.6. The Kier molecular flexibility index (Phi) is 7.84. The number of hydrogen-bond donors (Lipinski definition) is 1.